The first-order chi connectivity index (χ1) is 10.6. The average Bonchev–Trinajstić information content (AvgIpc) is 3.18. The van der Waals surface area contributed by atoms with E-state index in [4.69, 9.17) is 0 Å². The molecule has 3 rings (SSSR count). The number of aryl methyl sites for hydroxylation is 1. The van der Waals surface area contributed by atoms with Gasteiger partial charge in [-0.15, -0.1) is 11.3 Å². The lowest BCUT2D eigenvalue weighted by Gasteiger charge is -2.19. The Morgan fingerprint density at radius 2 is 2.27 bits per heavy atom. The number of carbonyl (C=O) groups excluding carboxylic acids is 1. The number of anilines is 1. The Morgan fingerprint density at radius 1 is 1.50 bits per heavy atom. The summed E-state index contributed by atoms with van der Waals surface area (Å²) in [5, 5.41) is 12.7. The molecule has 1 fully saturated rings. The van der Waals surface area contributed by atoms with Gasteiger partial charge in [0.05, 0.1) is 5.92 Å². The van der Waals surface area contributed by atoms with Crippen molar-refractivity contribution in [2.75, 3.05) is 18.4 Å². The van der Waals surface area contributed by atoms with Crippen LogP contribution < -0.4 is 10.6 Å². The molecule has 0 bridgehead atoms. The molecule has 6 nitrogen and oxygen atoms in total. The van der Waals surface area contributed by atoms with Gasteiger partial charge in [-0.2, -0.15) is 10.1 Å². The molecular weight excluding hydrogens is 298 g/mol. The Kier molecular flexibility index (Phi) is 4.54. The lowest BCUT2D eigenvalue weighted by Crippen LogP contribution is -2.27. The van der Waals surface area contributed by atoms with Crippen molar-refractivity contribution in [2.24, 2.45) is 7.05 Å². The molecule has 3 heterocycles. The second-order valence-electron chi connectivity index (χ2n) is 5.67. The quantitative estimate of drug-likeness (QED) is 0.905. The fraction of sp³-hybridized carbons (Fsp3) is 0.533. The van der Waals surface area contributed by atoms with Crippen LogP contribution in [0.5, 0.6) is 0 Å². The summed E-state index contributed by atoms with van der Waals surface area (Å²) in [6.07, 6.45) is 2.09. The molecule has 0 radical (unpaired) electrons. The number of aromatic nitrogens is 3. The number of carbonyl (C=O) groups is 1. The van der Waals surface area contributed by atoms with Gasteiger partial charge in [-0.25, -0.2) is 4.68 Å². The van der Waals surface area contributed by atoms with Crippen LogP contribution in [0.3, 0.4) is 0 Å². The first-order valence-corrected chi connectivity index (χ1v) is 8.49. The van der Waals surface area contributed by atoms with Crippen molar-refractivity contribution in [3.05, 3.63) is 28.2 Å². The number of thiophene rings is 1. The zero-order valence-corrected chi connectivity index (χ0v) is 13.7. The van der Waals surface area contributed by atoms with Crippen LogP contribution in [0.1, 0.15) is 42.3 Å². The molecule has 2 aromatic rings. The van der Waals surface area contributed by atoms with Crippen LogP contribution >= 0.6 is 11.3 Å². The summed E-state index contributed by atoms with van der Waals surface area (Å²) >= 11 is 1.59. The van der Waals surface area contributed by atoms with Crippen molar-refractivity contribution < 1.29 is 4.79 Å². The SMILES string of the molecule is CC(C(=O)Nc1nc(C2CCNCC2)nn1C)c1cccs1. The van der Waals surface area contributed by atoms with Crippen LogP contribution in [0.15, 0.2) is 17.5 Å². The third kappa shape index (κ3) is 3.20. The second kappa shape index (κ2) is 6.58. The van der Waals surface area contributed by atoms with Gasteiger partial charge in [-0.3, -0.25) is 10.1 Å². The van der Waals surface area contributed by atoms with Crippen LogP contribution in [0, 0.1) is 0 Å². The largest absolute Gasteiger partial charge is 0.317 e. The number of nitrogens with zero attached hydrogens (tertiary/aromatic N) is 3. The highest BCUT2D eigenvalue weighted by Crippen LogP contribution is 2.25. The number of amides is 1. The summed E-state index contributed by atoms with van der Waals surface area (Å²) in [5.74, 6) is 1.52. The summed E-state index contributed by atoms with van der Waals surface area (Å²) < 4.78 is 1.66. The minimum Gasteiger partial charge on any atom is -0.317 e. The van der Waals surface area contributed by atoms with Crippen molar-refractivity contribution in [1.82, 2.24) is 20.1 Å². The number of rotatable bonds is 4. The van der Waals surface area contributed by atoms with E-state index in [0.29, 0.717) is 11.9 Å². The van der Waals surface area contributed by atoms with E-state index in [1.807, 2.05) is 31.5 Å². The van der Waals surface area contributed by atoms with E-state index < -0.39 is 0 Å². The van der Waals surface area contributed by atoms with Gasteiger partial charge in [0, 0.05) is 17.8 Å². The van der Waals surface area contributed by atoms with Crippen LogP contribution in [-0.4, -0.2) is 33.8 Å². The van der Waals surface area contributed by atoms with Crippen molar-refractivity contribution in [3.8, 4) is 0 Å². The van der Waals surface area contributed by atoms with Gasteiger partial charge in [-0.1, -0.05) is 6.07 Å². The van der Waals surface area contributed by atoms with E-state index in [1.165, 1.54) is 0 Å². The maximum atomic E-state index is 12.4. The Balaban J connectivity index is 1.69. The van der Waals surface area contributed by atoms with Crippen molar-refractivity contribution in [3.63, 3.8) is 0 Å². The summed E-state index contributed by atoms with van der Waals surface area (Å²) in [4.78, 5) is 17.9. The summed E-state index contributed by atoms with van der Waals surface area (Å²) in [6.45, 7) is 3.91. The molecule has 0 aliphatic carbocycles. The van der Waals surface area contributed by atoms with Gasteiger partial charge in [0.15, 0.2) is 5.82 Å². The third-order valence-electron chi connectivity index (χ3n) is 4.08. The Labute approximate surface area is 133 Å². The molecule has 2 N–H and O–H groups in total. The highest BCUT2D eigenvalue weighted by atomic mass is 32.1. The third-order valence-corrected chi connectivity index (χ3v) is 5.14. The number of hydrogen-bond donors (Lipinski definition) is 2. The number of hydrogen-bond acceptors (Lipinski definition) is 5. The highest BCUT2D eigenvalue weighted by Gasteiger charge is 2.23. The van der Waals surface area contributed by atoms with E-state index in [1.54, 1.807) is 16.0 Å². The molecule has 0 aromatic carbocycles. The van der Waals surface area contributed by atoms with Gasteiger partial charge in [-0.05, 0) is 44.3 Å². The maximum absolute atomic E-state index is 12.4. The molecule has 0 spiro atoms. The Morgan fingerprint density at radius 3 is 2.95 bits per heavy atom. The predicted octanol–water partition coefficient (Wildman–Crippen LogP) is 2.09. The monoisotopic (exact) mass is 319 g/mol. The molecule has 2 aromatic heterocycles. The average molecular weight is 319 g/mol. The topological polar surface area (TPSA) is 71.8 Å². The molecule has 1 aliphatic heterocycles. The van der Waals surface area contributed by atoms with Crippen LogP contribution in [0.25, 0.3) is 0 Å². The molecule has 0 saturated carbocycles. The number of nitrogens with one attached hydrogen (secondary N) is 2. The molecule has 1 unspecified atom stereocenters. The fourth-order valence-corrected chi connectivity index (χ4v) is 3.43. The molecular formula is C15H21N5OS. The highest BCUT2D eigenvalue weighted by molar-refractivity contribution is 7.10. The smallest absolute Gasteiger partial charge is 0.234 e. The van der Waals surface area contributed by atoms with E-state index in [0.717, 1.165) is 36.6 Å². The van der Waals surface area contributed by atoms with Gasteiger partial charge >= 0.3 is 0 Å². The normalized spacial score (nSPS) is 17.4. The number of piperidine rings is 1. The lowest BCUT2D eigenvalue weighted by atomic mass is 9.98. The Bertz CT molecular complexity index is 630. The minimum absolute atomic E-state index is 0.0465. The van der Waals surface area contributed by atoms with E-state index in [9.17, 15) is 4.79 Å². The zero-order chi connectivity index (χ0) is 15.5. The predicted molar refractivity (Wildman–Crippen MR) is 87.2 cm³/mol. The summed E-state index contributed by atoms with van der Waals surface area (Å²) in [5.41, 5.74) is 0. The van der Waals surface area contributed by atoms with Crippen molar-refractivity contribution >= 4 is 23.2 Å². The molecule has 1 amide bonds. The maximum Gasteiger partial charge on any atom is 0.234 e. The van der Waals surface area contributed by atoms with E-state index in [2.05, 4.69) is 20.7 Å². The van der Waals surface area contributed by atoms with Crippen molar-refractivity contribution in [2.45, 2.75) is 31.6 Å². The van der Waals surface area contributed by atoms with E-state index >= 15 is 0 Å². The molecule has 22 heavy (non-hydrogen) atoms. The lowest BCUT2D eigenvalue weighted by molar-refractivity contribution is -0.117. The summed E-state index contributed by atoms with van der Waals surface area (Å²) in [7, 11) is 1.82. The molecule has 1 aliphatic rings. The molecule has 118 valence electrons. The Hall–Kier alpha value is -1.73. The van der Waals surface area contributed by atoms with Crippen LogP contribution in [-0.2, 0) is 11.8 Å². The minimum atomic E-state index is -0.181. The molecule has 1 atom stereocenters. The second-order valence-corrected chi connectivity index (χ2v) is 6.65. The standard InChI is InChI=1S/C15H21N5OS/c1-10(12-4-3-9-22-12)14(21)18-15-17-13(19-20(15)2)11-5-7-16-8-6-11/h3-4,9-11,16H,5-8H2,1-2H3,(H,17,18,19,21). The van der Waals surface area contributed by atoms with Crippen LogP contribution in [0.2, 0.25) is 0 Å². The van der Waals surface area contributed by atoms with Gasteiger partial charge in [0.2, 0.25) is 11.9 Å². The molecule has 1 saturated heterocycles. The first kappa shape index (κ1) is 15.2. The van der Waals surface area contributed by atoms with Gasteiger partial charge in [0.1, 0.15) is 0 Å². The first-order valence-electron chi connectivity index (χ1n) is 7.61. The van der Waals surface area contributed by atoms with Crippen LogP contribution in [0.4, 0.5) is 5.95 Å². The fourth-order valence-electron chi connectivity index (χ4n) is 2.65. The summed E-state index contributed by atoms with van der Waals surface area (Å²) in [6, 6.07) is 3.94. The molecule has 7 heteroatoms. The van der Waals surface area contributed by atoms with Gasteiger partial charge in [0.25, 0.3) is 0 Å². The zero-order valence-electron chi connectivity index (χ0n) is 12.9. The van der Waals surface area contributed by atoms with Crippen molar-refractivity contribution in [1.29, 1.82) is 0 Å². The van der Waals surface area contributed by atoms with Gasteiger partial charge < -0.3 is 5.32 Å². The van der Waals surface area contributed by atoms with E-state index in [-0.39, 0.29) is 11.8 Å².